The largest absolute Gasteiger partial charge is 0.476 e. The molecule has 0 fully saturated rings. The average Bonchev–Trinajstić information content (AvgIpc) is 2.51. The molecule has 8 heteroatoms. The molecule has 0 aromatic carbocycles. The van der Waals surface area contributed by atoms with E-state index >= 15 is 0 Å². The Morgan fingerprint density at radius 3 is 2.60 bits per heavy atom. The van der Waals surface area contributed by atoms with E-state index in [4.69, 9.17) is 5.11 Å². The van der Waals surface area contributed by atoms with Gasteiger partial charge in [0.05, 0.1) is 15.9 Å². The third-order valence-corrected chi connectivity index (χ3v) is 4.84. The summed E-state index contributed by atoms with van der Waals surface area (Å²) in [5.74, 6) is -1.57. The van der Waals surface area contributed by atoms with Crippen molar-refractivity contribution in [1.82, 2.24) is 9.59 Å². The predicted molar refractivity (Wildman–Crippen MR) is 54.6 cm³/mol. The summed E-state index contributed by atoms with van der Waals surface area (Å²) in [7, 11) is -3.31. The highest BCUT2D eigenvalue weighted by Crippen LogP contribution is 2.17. The summed E-state index contributed by atoms with van der Waals surface area (Å²) < 4.78 is 26.5. The summed E-state index contributed by atoms with van der Waals surface area (Å²) in [6.45, 7) is 3.09. The van der Waals surface area contributed by atoms with Gasteiger partial charge in [0, 0.05) is 0 Å². The molecule has 0 amide bonds. The van der Waals surface area contributed by atoms with E-state index in [1.54, 1.807) is 13.8 Å². The fourth-order valence-corrected chi connectivity index (χ4v) is 2.79. The molecule has 0 aliphatic rings. The number of aromatic carboxylic acids is 1. The minimum Gasteiger partial charge on any atom is -0.476 e. The minimum absolute atomic E-state index is 0.177. The van der Waals surface area contributed by atoms with E-state index in [0.29, 0.717) is 0 Å². The number of carboxylic acid groups (broad SMARTS) is 1. The van der Waals surface area contributed by atoms with Gasteiger partial charge in [-0.05, 0) is 25.4 Å². The first-order chi connectivity index (χ1) is 6.84. The summed E-state index contributed by atoms with van der Waals surface area (Å²) in [4.78, 5) is 10.8. The summed E-state index contributed by atoms with van der Waals surface area (Å²) in [6, 6.07) is 0. The summed E-state index contributed by atoms with van der Waals surface area (Å²) in [5, 5.41) is 11.5. The molecule has 0 spiro atoms. The third-order valence-electron chi connectivity index (χ3n) is 1.81. The van der Waals surface area contributed by atoms with Gasteiger partial charge in [0.25, 0.3) is 0 Å². The van der Waals surface area contributed by atoms with Gasteiger partial charge >= 0.3 is 5.97 Å². The quantitative estimate of drug-likeness (QED) is 0.838. The first-order valence-electron chi connectivity index (χ1n) is 4.10. The van der Waals surface area contributed by atoms with Crippen LogP contribution in [0.2, 0.25) is 0 Å². The van der Waals surface area contributed by atoms with Crippen LogP contribution in [-0.4, -0.2) is 34.3 Å². The van der Waals surface area contributed by atoms with Crippen LogP contribution in [0.4, 0.5) is 0 Å². The Kier molecular flexibility index (Phi) is 3.40. The number of rotatable bonds is 4. The SMILES string of the molecule is CC(C)S(=O)(=O)Cc1snnc1C(=O)O. The van der Waals surface area contributed by atoms with Crippen molar-refractivity contribution in [2.45, 2.75) is 24.9 Å². The zero-order valence-corrected chi connectivity index (χ0v) is 9.80. The molecule has 84 valence electrons. The summed E-state index contributed by atoms with van der Waals surface area (Å²) in [6.07, 6.45) is 0. The monoisotopic (exact) mass is 250 g/mol. The van der Waals surface area contributed by atoms with Gasteiger partial charge in [-0.1, -0.05) is 4.49 Å². The lowest BCUT2D eigenvalue weighted by molar-refractivity contribution is 0.0689. The van der Waals surface area contributed by atoms with Gasteiger partial charge in [0.15, 0.2) is 15.5 Å². The number of hydrogen-bond donors (Lipinski definition) is 1. The van der Waals surface area contributed by atoms with E-state index < -0.39 is 21.1 Å². The Balaban J connectivity index is 3.01. The molecule has 1 N–H and O–H groups in total. The third kappa shape index (κ3) is 2.72. The fraction of sp³-hybridized carbons (Fsp3) is 0.571. The molecule has 0 saturated carbocycles. The van der Waals surface area contributed by atoms with E-state index in [9.17, 15) is 13.2 Å². The van der Waals surface area contributed by atoms with E-state index in [0.717, 1.165) is 11.5 Å². The summed E-state index contributed by atoms with van der Waals surface area (Å²) >= 11 is 0.801. The number of hydrogen-bond acceptors (Lipinski definition) is 6. The van der Waals surface area contributed by atoms with Crippen LogP contribution in [0.3, 0.4) is 0 Å². The fourth-order valence-electron chi connectivity index (χ4n) is 0.816. The number of aromatic nitrogens is 2. The molecule has 15 heavy (non-hydrogen) atoms. The lowest BCUT2D eigenvalue weighted by Gasteiger charge is -2.05. The maximum Gasteiger partial charge on any atom is 0.357 e. The van der Waals surface area contributed by atoms with Gasteiger partial charge in [0.2, 0.25) is 0 Å². The topological polar surface area (TPSA) is 97.2 Å². The molecule has 6 nitrogen and oxygen atoms in total. The van der Waals surface area contributed by atoms with E-state index in [1.165, 1.54) is 0 Å². The molecular formula is C7H10N2O4S2. The van der Waals surface area contributed by atoms with E-state index in [2.05, 4.69) is 9.59 Å². The molecule has 0 aliphatic carbocycles. The molecule has 0 saturated heterocycles. The predicted octanol–water partition coefficient (Wildman–Crippen LogP) is 0.560. The van der Waals surface area contributed by atoms with Crippen molar-refractivity contribution < 1.29 is 18.3 Å². The van der Waals surface area contributed by atoms with Crippen LogP contribution in [0.15, 0.2) is 0 Å². The van der Waals surface area contributed by atoms with Crippen molar-refractivity contribution in [2.24, 2.45) is 0 Å². The number of carbonyl (C=O) groups is 1. The zero-order chi connectivity index (χ0) is 11.6. The normalized spacial score (nSPS) is 11.9. The Morgan fingerprint density at radius 2 is 2.13 bits per heavy atom. The highest BCUT2D eigenvalue weighted by Gasteiger charge is 2.23. The van der Waals surface area contributed by atoms with Gasteiger partial charge in [-0.15, -0.1) is 5.10 Å². The molecule has 1 heterocycles. The molecule has 0 unspecified atom stereocenters. The molecule has 0 aliphatic heterocycles. The van der Waals surface area contributed by atoms with Gasteiger partial charge in [0.1, 0.15) is 0 Å². The second kappa shape index (κ2) is 4.23. The van der Waals surface area contributed by atoms with Crippen LogP contribution in [0.5, 0.6) is 0 Å². The van der Waals surface area contributed by atoms with Crippen molar-refractivity contribution in [2.75, 3.05) is 0 Å². The van der Waals surface area contributed by atoms with Crippen LogP contribution in [-0.2, 0) is 15.6 Å². The van der Waals surface area contributed by atoms with Crippen LogP contribution in [0.25, 0.3) is 0 Å². The van der Waals surface area contributed by atoms with Crippen molar-refractivity contribution in [3.63, 3.8) is 0 Å². The number of sulfone groups is 1. The second-order valence-electron chi connectivity index (χ2n) is 3.21. The molecule has 1 aromatic rings. The lowest BCUT2D eigenvalue weighted by atomic mass is 10.4. The maximum absolute atomic E-state index is 11.5. The van der Waals surface area contributed by atoms with Crippen molar-refractivity contribution in [3.8, 4) is 0 Å². The highest BCUT2D eigenvalue weighted by atomic mass is 32.2. The van der Waals surface area contributed by atoms with Gasteiger partial charge in [-0.3, -0.25) is 0 Å². The number of carboxylic acids is 1. The lowest BCUT2D eigenvalue weighted by Crippen LogP contribution is -2.17. The Labute approximate surface area is 91.0 Å². The van der Waals surface area contributed by atoms with Gasteiger partial charge in [-0.2, -0.15) is 0 Å². The van der Waals surface area contributed by atoms with Crippen LogP contribution in [0.1, 0.15) is 29.2 Å². The average molecular weight is 250 g/mol. The molecule has 1 rings (SSSR count). The maximum atomic E-state index is 11.5. The van der Waals surface area contributed by atoms with Gasteiger partial charge < -0.3 is 5.11 Å². The number of nitrogens with zero attached hydrogens (tertiary/aromatic N) is 2. The van der Waals surface area contributed by atoms with Gasteiger partial charge in [-0.25, -0.2) is 13.2 Å². The molecule has 0 atom stereocenters. The van der Waals surface area contributed by atoms with Crippen LogP contribution < -0.4 is 0 Å². The summed E-state index contributed by atoms with van der Waals surface area (Å²) in [5.41, 5.74) is -0.274. The molecule has 0 radical (unpaired) electrons. The minimum atomic E-state index is -3.31. The Bertz CT molecular complexity index is 463. The zero-order valence-electron chi connectivity index (χ0n) is 8.17. The highest BCUT2D eigenvalue weighted by molar-refractivity contribution is 7.91. The molecule has 0 bridgehead atoms. The standard InChI is InChI=1S/C7H10N2O4S2/c1-4(2)15(12,13)3-5-6(7(10)11)8-9-14-5/h4H,3H2,1-2H3,(H,10,11). The molecular weight excluding hydrogens is 240 g/mol. The van der Waals surface area contributed by atoms with Crippen molar-refractivity contribution in [3.05, 3.63) is 10.6 Å². The first-order valence-corrected chi connectivity index (χ1v) is 6.59. The Morgan fingerprint density at radius 1 is 1.53 bits per heavy atom. The first kappa shape index (κ1) is 12.1. The second-order valence-corrected chi connectivity index (χ2v) is 6.60. The van der Waals surface area contributed by atoms with Crippen LogP contribution >= 0.6 is 11.5 Å². The van der Waals surface area contributed by atoms with Crippen molar-refractivity contribution in [1.29, 1.82) is 0 Å². The van der Waals surface area contributed by atoms with E-state index in [-0.39, 0.29) is 16.3 Å². The van der Waals surface area contributed by atoms with Crippen LogP contribution in [0, 0.1) is 0 Å². The van der Waals surface area contributed by atoms with E-state index in [1.807, 2.05) is 0 Å². The Hall–Kier alpha value is -1.02. The smallest absolute Gasteiger partial charge is 0.357 e. The van der Waals surface area contributed by atoms with Crippen molar-refractivity contribution >= 4 is 27.3 Å². The molecule has 1 aromatic heterocycles.